The van der Waals surface area contributed by atoms with Gasteiger partial charge in [0.15, 0.2) is 5.13 Å². The van der Waals surface area contributed by atoms with Crippen LogP contribution < -0.4 is 15.5 Å². The number of non-ortho nitro benzene ring substituents is 1. The summed E-state index contributed by atoms with van der Waals surface area (Å²) in [6, 6.07) is 17.8. The van der Waals surface area contributed by atoms with E-state index in [4.69, 9.17) is 4.74 Å². The molecule has 200 valence electrons. The van der Waals surface area contributed by atoms with Gasteiger partial charge >= 0.3 is 6.18 Å². The first kappa shape index (κ1) is 27.3. The average molecular weight is 556 g/mol. The van der Waals surface area contributed by atoms with Gasteiger partial charge in [-0.25, -0.2) is 10.4 Å². The zero-order valence-electron chi connectivity index (χ0n) is 20.0. The van der Waals surface area contributed by atoms with Crippen LogP contribution in [0.4, 0.5) is 29.7 Å². The Morgan fingerprint density at radius 2 is 1.85 bits per heavy atom. The molecule has 0 aliphatic rings. The van der Waals surface area contributed by atoms with Crippen molar-refractivity contribution in [3.05, 3.63) is 111 Å². The summed E-state index contributed by atoms with van der Waals surface area (Å²) < 4.78 is 44.3. The third kappa shape index (κ3) is 8.10. The summed E-state index contributed by atoms with van der Waals surface area (Å²) in [5.74, 6) is 0.179. The molecule has 39 heavy (non-hydrogen) atoms. The van der Waals surface area contributed by atoms with Crippen LogP contribution in [0.15, 0.2) is 83.3 Å². The van der Waals surface area contributed by atoms with Crippen molar-refractivity contribution >= 4 is 40.0 Å². The van der Waals surface area contributed by atoms with Gasteiger partial charge in [-0.2, -0.15) is 18.3 Å². The molecular weight excluding hydrogens is 535 g/mol. The maximum atomic E-state index is 12.9. The van der Waals surface area contributed by atoms with Gasteiger partial charge in [0.05, 0.1) is 28.8 Å². The van der Waals surface area contributed by atoms with E-state index in [1.807, 2.05) is 0 Å². The van der Waals surface area contributed by atoms with E-state index in [-0.39, 0.29) is 24.4 Å². The molecule has 0 spiro atoms. The van der Waals surface area contributed by atoms with E-state index >= 15 is 0 Å². The average Bonchev–Trinajstić information content (AvgIpc) is 3.34. The number of benzene rings is 3. The lowest BCUT2D eigenvalue weighted by molar-refractivity contribution is -0.384. The van der Waals surface area contributed by atoms with E-state index in [0.717, 1.165) is 17.7 Å². The summed E-state index contributed by atoms with van der Waals surface area (Å²) in [7, 11) is 0. The van der Waals surface area contributed by atoms with Crippen LogP contribution >= 0.6 is 11.3 Å². The van der Waals surface area contributed by atoms with Crippen LogP contribution in [-0.4, -0.2) is 22.0 Å². The highest BCUT2D eigenvalue weighted by Gasteiger charge is 2.30. The van der Waals surface area contributed by atoms with Gasteiger partial charge in [-0.3, -0.25) is 14.9 Å². The Balaban J connectivity index is 1.22. The van der Waals surface area contributed by atoms with Crippen molar-refractivity contribution in [2.45, 2.75) is 19.2 Å². The number of alkyl halides is 3. The minimum absolute atomic E-state index is 0.0110. The lowest BCUT2D eigenvalue weighted by Gasteiger charge is -2.08. The highest BCUT2D eigenvalue weighted by molar-refractivity contribution is 7.13. The van der Waals surface area contributed by atoms with Crippen molar-refractivity contribution in [2.24, 2.45) is 5.10 Å². The number of halogens is 3. The second-order valence-electron chi connectivity index (χ2n) is 8.10. The quantitative estimate of drug-likeness (QED) is 0.139. The molecule has 0 aliphatic carbocycles. The Kier molecular flexibility index (Phi) is 8.51. The molecule has 13 heteroatoms. The molecule has 9 nitrogen and oxygen atoms in total. The number of nitrogens with zero attached hydrogens (tertiary/aromatic N) is 3. The maximum Gasteiger partial charge on any atom is 0.416 e. The molecule has 0 saturated carbocycles. The van der Waals surface area contributed by atoms with Gasteiger partial charge in [-0.05, 0) is 65.7 Å². The van der Waals surface area contributed by atoms with Gasteiger partial charge in [0.25, 0.3) is 5.69 Å². The molecule has 3 aromatic carbocycles. The molecule has 0 atom stereocenters. The molecule has 0 fully saturated rings. The number of nitro groups is 1. The minimum atomic E-state index is -4.45. The molecule has 1 heterocycles. The van der Waals surface area contributed by atoms with Crippen LogP contribution in [0, 0.1) is 10.1 Å². The van der Waals surface area contributed by atoms with Gasteiger partial charge in [0, 0.05) is 23.2 Å². The first-order valence-corrected chi connectivity index (χ1v) is 12.2. The Morgan fingerprint density at radius 3 is 2.54 bits per heavy atom. The fourth-order valence-electron chi connectivity index (χ4n) is 3.26. The number of hydrazone groups is 1. The minimum Gasteiger partial charge on any atom is -0.489 e. The highest BCUT2D eigenvalue weighted by atomic mass is 32.1. The molecule has 0 saturated heterocycles. The van der Waals surface area contributed by atoms with E-state index in [0.29, 0.717) is 22.1 Å². The van der Waals surface area contributed by atoms with Gasteiger partial charge < -0.3 is 10.1 Å². The number of nitrogens with one attached hydrogen (secondary N) is 2. The number of carbonyl (C=O) groups is 1. The van der Waals surface area contributed by atoms with Gasteiger partial charge in [0.1, 0.15) is 12.4 Å². The van der Waals surface area contributed by atoms with E-state index < -0.39 is 22.6 Å². The number of thiazole rings is 1. The summed E-state index contributed by atoms with van der Waals surface area (Å²) >= 11 is 1.17. The molecule has 1 aromatic heterocycles. The highest BCUT2D eigenvalue weighted by Crippen LogP contribution is 2.31. The van der Waals surface area contributed by atoms with Crippen LogP contribution in [0.1, 0.15) is 22.4 Å². The van der Waals surface area contributed by atoms with Crippen LogP contribution in [0.5, 0.6) is 5.75 Å². The number of anilines is 2. The third-order valence-corrected chi connectivity index (χ3v) is 5.98. The second-order valence-corrected chi connectivity index (χ2v) is 8.96. The lowest BCUT2D eigenvalue weighted by Crippen LogP contribution is -2.19. The molecular formula is C26H20F3N5O4S. The lowest BCUT2D eigenvalue weighted by atomic mass is 10.2. The molecule has 0 bridgehead atoms. The summed E-state index contributed by atoms with van der Waals surface area (Å²) in [6.45, 7) is 0.245. The number of rotatable bonds is 10. The van der Waals surface area contributed by atoms with Gasteiger partial charge in [-0.1, -0.05) is 6.07 Å². The number of ether oxygens (including phenoxy) is 1. The molecule has 4 aromatic rings. The van der Waals surface area contributed by atoms with Crippen LogP contribution in [0.25, 0.3) is 0 Å². The number of carbonyl (C=O) groups excluding carboxylic acids is 1. The molecule has 0 aliphatic heterocycles. The largest absolute Gasteiger partial charge is 0.489 e. The normalized spacial score (nSPS) is 11.4. The molecule has 1 amide bonds. The predicted molar refractivity (Wildman–Crippen MR) is 140 cm³/mol. The van der Waals surface area contributed by atoms with Crippen molar-refractivity contribution < 1.29 is 27.6 Å². The van der Waals surface area contributed by atoms with E-state index in [2.05, 4.69) is 20.8 Å². The smallest absolute Gasteiger partial charge is 0.416 e. The number of amides is 1. The first-order chi connectivity index (χ1) is 18.7. The number of hydrogen-bond acceptors (Lipinski definition) is 8. The molecule has 4 rings (SSSR count). The second kappa shape index (κ2) is 12.2. The van der Waals surface area contributed by atoms with Crippen molar-refractivity contribution in [3.63, 3.8) is 0 Å². The Morgan fingerprint density at radius 1 is 1.10 bits per heavy atom. The van der Waals surface area contributed by atoms with E-state index in [1.165, 1.54) is 41.8 Å². The Hall–Kier alpha value is -4.78. The van der Waals surface area contributed by atoms with Crippen LogP contribution in [-0.2, 0) is 24.0 Å². The van der Waals surface area contributed by atoms with Crippen molar-refractivity contribution in [1.82, 2.24) is 10.4 Å². The van der Waals surface area contributed by atoms with E-state index in [1.54, 1.807) is 41.8 Å². The third-order valence-electron chi connectivity index (χ3n) is 5.17. The number of aromatic nitrogens is 1. The van der Waals surface area contributed by atoms with Crippen molar-refractivity contribution in [1.29, 1.82) is 0 Å². The van der Waals surface area contributed by atoms with Crippen LogP contribution in [0.3, 0.4) is 0 Å². The van der Waals surface area contributed by atoms with E-state index in [9.17, 15) is 28.1 Å². The standard InChI is InChI=1S/C26H20F3N5O4S/c27-26(28,29)19-2-1-3-20(12-19)31-25-32-21(16-39-25)13-24(35)33-30-14-17-6-10-23(11-7-17)38-15-18-4-8-22(9-5-18)34(36)37/h1-12,14,16H,13,15H2,(H,31,32)(H,33,35)/b30-14-. The zero-order chi connectivity index (χ0) is 27.8. The fourth-order valence-corrected chi connectivity index (χ4v) is 3.99. The van der Waals surface area contributed by atoms with Gasteiger partial charge in [-0.15, -0.1) is 11.3 Å². The topological polar surface area (TPSA) is 119 Å². The van der Waals surface area contributed by atoms with Crippen LogP contribution in [0.2, 0.25) is 0 Å². The predicted octanol–water partition coefficient (Wildman–Crippen LogP) is 6.09. The summed E-state index contributed by atoms with van der Waals surface area (Å²) in [5.41, 5.74) is 3.82. The summed E-state index contributed by atoms with van der Waals surface area (Å²) in [6.07, 6.45) is -3.05. The Labute approximate surface area is 224 Å². The monoisotopic (exact) mass is 555 g/mol. The molecule has 0 unspecified atom stereocenters. The maximum absolute atomic E-state index is 12.9. The van der Waals surface area contributed by atoms with Crippen molar-refractivity contribution in [2.75, 3.05) is 5.32 Å². The van der Waals surface area contributed by atoms with Crippen molar-refractivity contribution in [3.8, 4) is 5.75 Å². The summed E-state index contributed by atoms with van der Waals surface area (Å²) in [4.78, 5) is 26.7. The fraction of sp³-hybridized carbons (Fsp3) is 0.115. The first-order valence-electron chi connectivity index (χ1n) is 11.3. The Bertz CT molecular complexity index is 1470. The SMILES string of the molecule is O=C(Cc1csc(Nc2cccc(C(F)(F)F)c2)n1)N/N=C\c1ccc(OCc2ccc([N+](=O)[O-])cc2)cc1. The summed E-state index contributed by atoms with van der Waals surface area (Å²) in [5, 5.41) is 19.4. The zero-order valence-corrected chi connectivity index (χ0v) is 20.8. The number of hydrogen-bond donors (Lipinski definition) is 2. The molecule has 2 N–H and O–H groups in total. The number of nitro benzene ring substituents is 1. The molecule has 0 radical (unpaired) electrons. The van der Waals surface area contributed by atoms with Gasteiger partial charge in [0.2, 0.25) is 5.91 Å².